The number of nitrogens with one attached hydrogen (secondary N) is 1. The minimum absolute atomic E-state index is 0.0839. The highest BCUT2D eigenvalue weighted by Crippen LogP contribution is 2.15. The van der Waals surface area contributed by atoms with Crippen molar-refractivity contribution in [3.63, 3.8) is 0 Å². The Labute approximate surface area is 105 Å². The van der Waals surface area contributed by atoms with E-state index in [1.807, 2.05) is 13.8 Å². The molecule has 1 amide bonds. The van der Waals surface area contributed by atoms with Gasteiger partial charge in [0.1, 0.15) is 6.33 Å². The molecule has 6 nitrogen and oxygen atoms in total. The Morgan fingerprint density at radius 1 is 1.39 bits per heavy atom. The lowest BCUT2D eigenvalue weighted by molar-refractivity contribution is -0.140. The van der Waals surface area contributed by atoms with E-state index in [9.17, 15) is 9.59 Å². The van der Waals surface area contributed by atoms with E-state index in [-0.39, 0.29) is 18.4 Å². The van der Waals surface area contributed by atoms with Gasteiger partial charge in [0.15, 0.2) is 0 Å². The van der Waals surface area contributed by atoms with E-state index in [4.69, 9.17) is 5.11 Å². The van der Waals surface area contributed by atoms with Crippen LogP contribution in [-0.4, -0.2) is 33.5 Å². The maximum Gasteiger partial charge on any atom is 0.308 e. The van der Waals surface area contributed by atoms with Gasteiger partial charge in [-0.3, -0.25) is 9.59 Å². The topological polar surface area (TPSA) is 92.2 Å². The monoisotopic (exact) mass is 251 g/mol. The van der Waals surface area contributed by atoms with Crippen LogP contribution in [0.4, 0.5) is 0 Å². The molecule has 1 aromatic rings. The summed E-state index contributed by atoms with van der Waals surface area (Å²) in [6.07, 6.45) is 2.84. The molecule has 18 heavy (non-hydrogen) atoms. The van der Waals surface area contributed by atoms with Crippen LogP contribution in [0, 0.1) is 5.92 Å². The number of aliphatic carboxylic acids is 1. The van der Waals surface area contributed by atoms with Crippen molar-refractivity contribution in [2.75, 3.05) is 6.54 Å². The summed E-state index contributed by atoms with van der Waals surface area (Å²) in [7, 11) is 0. The van der Waals surface area contributed by atoms with Crippen molar-refractivity contribution in [3.8, 4) is 0 Å². The lowest BCUT2D eigenvalue weighted by Gasteiger charge is -2.12. The summed E-state index contributed by atoms with van der Waals surface area (Å²) >= 11 is 0. The molecule has 2 N–H and O–H groups in total. The molecule has 1 atom stereocenters. The number of hydrogen-bond acceptors (Lipinski definition) is 4. The third-order valence-corrected chi connectivity index (χ3v) is 2.52. The number of carboxylic acids is 1. The Balaban J connectivity index is 2.76. The number of rotatable bonds is 5. The maximum atomic E-state index is 11.9. The Bertz CT molecular complexity index is 446. The number of hydrogen-bond donors (Lipinski definition) is 2. The molecule has 0 spiro atoms. The van der Waals surface area contributed by atoms with Crippen LogP contribution in [-0.2, 0) is 4.79 Å². The SMILES string of the molecule is CC(CNC(=O)c1cncnc1C(C)C)C(=O)O. The average molecular weight is 251 g/mol. The fourth-order valence-electron chi connectivity index (χ4n) is 1.40. The van der Waals surface area contributed by atoms with Gasteiger partial charge in [-0.1, -0.05) is 20.8 Å². The molecule has 0 saturated carbocycles. The van der Waals surface area contributed by atoms with E-state index in [0.717, 1.165) is 0 Å². The molecule has 1 heterocycles. The first-order valence-corrected chi connectivity index (χ1v) is 5.74. The number of aromatic nitrogens is 2. The zero-order valence-corrected chi connectivity index (χ0v) is 10.7. The molecule has 98 valence electrons. The first-order valence-electron chi connectivity index (χ1n) is 5.74. The summed E-state index contributed by atoms with van der Waals surface area (Å²) in [4.78, 5) is 30.5. The van der Waals surface area contributed by atoms with E-state index in [2.05, 4.69) is 15.3 Å². The highest BCUT2D eigenvalue weighted by atomic mass is 16.4. The van der Waals surface area contributed by atoms with Crippen LogP contribution < -0.4 is 5.32 Å². The molecule has 0 aliphatic rings. The molecule has 0 bridgehead atoms. The van der Waals surface area contributed by atoms with E-state index >= 15 is 0 Å². The maximum absolute atomic E-state index is 11.9. The van der Waals surface area contributed by atoms with Crippen LogP contribution in [0.25, 0.3) is 0 Å². The average Bonchev–Trinajstić information content (AvgIpc) is 2.35. The first-order chi connectivity index (χ1) is 8.43. The van der Waals surface area contributed by atoms with Gasteiger partial charge < -0.3 is 10.4 Å². The predicted molar refractivity (Wildman–Crippen MR) is 65.3 cm³/mol. The lowest BCUT2D eigenvalue weighted by atomic mass is 10.0. The van der Waals surface area contributed by atoms with E-state index in [0.29, 0.717) is 11.3 Å². The van der Waals surface area contributed by atoms with Crippen molar-refractivity contribution in [3.05, 3.63) is 23.8 Å². The standard InChI is InChI=1S/C12H17N3O3/c1-7(2)10-9(5-13-6-15-10)11(16)14-4-8(3)12(17)18/h5-8H,4H2,1-3H3,(H,14,16)(H,17,18). The zero-order chi connectivity index (χ0) is 13.7. The van der Waals surface area contributed by atoms with Crippen LogP contribution >= 0.6 is 0 Å². The second-order valence-electron chi connectivity index (χ2n) is 4.43. The van der Waals surface area contributed by atoms with Crippen LogP contribution in [0.1, 0.15) is 42.7 Å². The van der Waals surface area contributed by atoms with Gasteiger partial charge in [-0.25, -0.2) is 9.97 Å². The van der Waals surface area contributed by atoms with Crippen molar-refractivity contribution in [1.29, 1.82) is 0 Å². The summed E-state index contributed by atoms with van der Waals surface area (Å²) in [5, 5.41) is 11.3. The molecule has 1 rings (SSSR count). The Morgan fingerprint density at radius 3 is 2.61 bits per heavy atom. The second-order valence-corrected chi connectivity index (χ2v) is 4.43. The summed E-state index contributed by atoms with van der Waals surface area (Å²) in [5.74, 6) is -1.80. The van der Waals surface area contributed by atoms with E-state index in [1.54, 1.807) is 0 Å². The highest BCUT2D eigenvalue weighted by Gasteiger charge is 2.17. The van der Waals surface area contributed by atoms with Crippen molar-refractivity contribution >= 4 is 11.9 Å². The molecule has 0 radical (unpaired) electrons. The predicted octanol–water partition coefficient (Wildman–Crippen LogP) is 1.05. The minimum Gasteiger partial charge on any atom is -0.481 e. The normalized spacial score (nSPS) is 12.2. The van der Waals surface area contributed by atoms with Gasteiger partial charge >= 0.3 is 5.97 Å². The van der Waals surface area contributed by atoms with E-state index in [1.165, 1.54) is 19.4 Å². The molecule has 0 aliphatic heterocycles. The van der Waals surface area contributed by atoms with Gasteiger partial charge in [-0.15, -0.1) is 0 Å². The van der Waals surface area contributed by atoms with Crippen molar-refractivity contribution < 1.29 is 14.7 Å². The number of carbonyl (C=O) groups is 2. The van der Waals surface area contributed by atoms with Gasteiger partial charge in [0.05, 0.1) is 17.2 Å². The summed E-state index contributed by atoms with van der Waals surface area (Å²) in [5.41, 5.74) is 1.05. The number of carboxylic acid groups (broad SMARTS) is 1. The van der Waals surface area contributed by atoms with Crippen LogP contribution in [0.15, 0.2) is 12.5 Å². The lowest BCUT2D eigenvalue weighted by Crippen LogP contribution is -2.32. The molecule has 0 aromatic carbocycles. The van der Waals surface area contributed by atoms with Gasteiger partial charge in [0, 0.05) is 12.7 Å². The summed E-state index contributed by atoms with van der Waals surface area (Å²) in [6, 6.07) is 0. The van der Waals surface area contributed by atoms with Gasteiger partial charge in [-0.05, 0) is 5.92 Å². The fraction of sp³-hybridized carbons (Fsp3) is 0.500. The Kier molecular flexibility index (Phi) is 4.76. The Morgan fingerprint density at radius 2 is 2.06 bits per heavy atom. The smallest absolute Gasteiger partial charge is 0.308 e. The van der Waals surface area contributed by atoms with Crippen LogP contribution in [0.3, 0.4) is 0 Å². The molecular formula is C12H17N3O3. The summed E-state index contributed by atoms with van der Waals surface area (Å²) < 4.78 is 0. The van der Waals surface area contributed by atoms with Crippen LogP contribution in [0.2, 0.25) is 0 Å². The fourth-order valence-corrected chi connectivity index (χ4v) is 1.40. The third-order valence-electron chi connectivity index (χ3n) is 2.52. The molecule has 6 heteroatoms. The van der Waals surface area contributed by atoms with Crippen molar-refractivity contribution in [2.24, 2.45) is 5.92 Å². The van der Waals surface area contributed by atoms with E-state index < -0.39 is 11.9 Å². The molecule has 0 aliphatic carbocycles. The van der Waals surface area contributed by atoms with Crippen LogP contribution in [0.5, 0.6) is 0 Å². The first kappa shape index (κ1) is 14.1. The Hall–Kier alpha value is -1.98. The molecule has 1 unspecified atom stereocenters. The number of amides is 1. The van der Waals surface area contributed by atoms with Crippen molar-refractivity contribution in [2.45, 2.75) is 26.7 Å². The highest BCUT2D eigenvalue weighted by molar-refractivity contribution is 5.95. The second kappa shape index (κ2) is 6.09. The minimum atomic E-state index is -0.941. The zero-order valence-electron chi connectivity index (χ0n) is 10.7. The van der Waals surface area contributed by atoms with Gasteiger partial charge in [-0.2, -0.15) is 0 Å². The van der Waals surface area contributed by atoms with Gasteiger partial charge in [0.25, 0.3) is 5.91 Å². The molecule has 0 fully saturated rings. The third kappa shape index (κ3) is 3.51. The quantitative estimate of drug-likeness (QED) is 0.816. The molecule has 0 saturated heterocycles. The number of carbonyl (C=O) groups excluding carboxylic acids is 1. The molecule has 1 aromatic heterocycles. The summed E-state index contributed by atoms with van der Waals surface area (Å²) in [6.45, 7) is 5.48. The largest absolute Gasteiger partial charge is 0.481 e. The van der Waals surface area contributed by atoms with Crippen molar-refractivity contribution in [1.82, 2.24) is 15.3 Å². The molecular weight excluding hydrogens is 234 g/mol. The van der Waals surface area contributed by atoms with Gasteiger partial charge in [0.2, 0.25) is 0 Å². The number of nitrogens with zero attached hydrogens (tertiary/aromatic N) is 2.